The topological polar surface area (TPSA) is 26.3 Å². The first-order valence-electron chi connectivity index (χ1n) is 18.0. The summed E-state index contributed by atoms with van der Waals surface area (Å²) in [5.74, 6) is 0.892. The van der Waals surface area contributed by atoms with Crippen molar-refractivity contribution in [3.05, 3.63) is 170 Å². The van der Waals surface area contributed by atoms with Gasteiger partial charge in [-0.05, 0) is 79.8 Å². The molecule has 3 heterocycles. The van der Waals surface area contributed by atoms with E-state index >= 15 is 0 Å². The molecule has 0 bridgehead atoms. The molecule has 3 heteroatoms. The van der Waals surface area contributed by atoms with Crippen LogP contribution in [-0.4, -0.2) is 0 Å². The highest BCUT2D eigenvalue weighted by atomic mass is 32.1. The summed E-state index contributed by atoms with van der Waals surface area (Å²) in [6.45, 7) is 0. The molecule has 246 valence electrons. The largest absolute Gasteiger partial charge is 0.456 e. The molecule has 0 spiro atoms. The van der Waals surface area contributed by atoms with Gasteiger partial charge < -0.3 is 8.83 Å². The van der Waals surface area contributed by atoms with E-state index in [0.717, 1.165) is 44.4 Å². The lowest BCUT2D eigenvalue weighted by Crippen LogP contribution is -1.92. The molecular weight excluding hydrogens is 665 g/mol. The molecule has 0 aliphatic heterocycles. The number of para-hydroxylation sites is 1. The van der Waals surface area contributed by atoms with Gasteiger partial charge in [-0.1, -0.05) is 133 Å². The van der Waals surface area contributed by atoms with Crippen LogP contribution in [0.5, 0.6) is 0 Å². The first kappa shape index (κ1) is 29.0. The Hall–Kier alpha value is -6.68. The van der Waals surface area contributed by atoms with Gasteiger partial charge in [-0.25, -0.2) is 0 Å². The molecule has 0 fully saturated rings. The second-order valence-electron chi connectivity index (χ2n) is 13.9. The third-order valence-electron chi connectivity index (χ3n) is 11.1. The van der Waals surface area contributed by atoms with Crippen molar-refractivity contribution in [2.45, 2.75) is 0 Å². The molecular formula is C50H28O2S. The molecule has 0 atom stereocenters. The maximum absolute atomic E-state index is 7.00. The minimum absolute atomic E-state index is 0.892. The molecule has 0 radical (unpaired) electrons. The number of furan rings is 2. The first-order valence-corrected chi connectivity index (χ1v) is 18.8. The Balaban J connectivity index is 1.25. The smallest absolute Gasteiger partial charge is 0.143 e. The van der Waals surface area contributed by atoms with E-state index in [9.17, 15) is 0 Å². The predicted octanol–water partition coefficient (Wildman–Crippen LogP) is 15.2. The highest BCUT2D eigenvalue weighted by molar-refractivity contribution is 7.26. The quantitative estimate of drug-likeness (QED) is 0.172. The molecule has 12 aromatic rings. The van der Waals surface area contributed by atoms with Crippen molar-refractivity contribution in [3.63, 3.8) is 0 Å². The second kappa shape index (κ2) is 10.9. The predicted molar refractivity (Wildman–Crippen MR) is 225 cm³/mol. The van der Waals surface area contributed by atoms with Crippen LogP contribution in [0.2, 0.25) is 0 Å². The summed E-state index contributed by atoms with van der Waals surface area (Å²) in [6.07, 6.45) is 0. The van der Waals surface area contributed by atoms with E-state index in [2.05, 4.69) is 164 Å². The SMILES string of the molecule is c1ccc(-c2oc3ccc4sc5ccccc5c4c3c2-c2c3ccccc3c(-c3cccc4cc5c(cc34)oc3ccccc35)c3ccccc23)cc1. The lowest BCUT2D eigenvalue weighted by molar-refractivity contribution is 0.633. The Kier molecular flexibility index (Phi) is 5.96. The Morgan fingerprint density at radius 3 is 1.77 bits per heavy atom. The fraction of sp³-hybridized carbons (Fsp3) is 0. The lowest BCUT2D eigenvalue weighted by atomic mass is 9.83. The van der Waals surface area contributed by atoms with Gasteiger partial charge in [0, 0.05) is 53.0 Å². The Morgan fingerprint density at radius 1 is 0.340 bits per heavy atom. The molecule has 0 N–H and O–H groups in total. The molecule has 3 aromatic heterocycles. The molecule has 9 aromatic carbocycles. The second-order valence-corrected chi connectivity index (χ2v) is 15.0. The maximum Gasteiger partial charge on any atom is 0.143 e. The summed E-state index contributed by atoms with van der Waals surface area (Å²) in [6, 6.07) is 61.1. The van der Waals surface area contributed by atoms with E-state index < -0.39 is 0 Å². The molecule has 53 heavy (non-hydrogen) atoms. The van der Waals surface area contributed by atoms with Crippen LogP contribution in [0.25, 0.3) is 119 Å². The lowest BCUT2D eigenvalue weighted by Gasteiger charge is -2.19. The van der Waals surface area contributed by atoms with Gasteiger partial charge in [0.1, 0.15) is 22.5 Å². The van der Waals surface area contributed by atoms with E-state index in [1.165, 1.54) is 74.6 Å². The van der Waals surface area contributed by atoms with E-state index in [4.69, 9.17) is 8.83 Å². The van der Waals surface area contributed by atoms with Gasteiger partial charge in [0.15, 0.2) is 0 Å². The molecule has 2 nitrogen and oxygen atoms in total. The normalized spacial score (nSPS) is 12.2. The Bertz CT molecular complexity index is 3390. The number of thiophene rings is 1. The first-order chi connectivity index (χ1) is 26.3. The summed E-state index contributed by atoms with van der Waals surface area (Å²) in [7, 11) is 0. The van der Waals surface area contributed by atoms with Crippen molar-refractivity contribution in [1.29, 1.82) is 0 Å². The minimum Gasteiger partial charge on any atom is -0.456 e. The summed E-state index contributed by atoms with van der Waals surface area (Å²) in [5, 5.41) is 13.1. The van der Waals surface area contributed by atoms with Crippen LogP contribution in [0.3, 0.4) is 0 Å². The third kappa shape index (κ3) is 4.08. The van der Waals surface area contributed by atoms with Crippen molar-refractivity contribution >= 4 is 96.7 Å². The summed E-state index contributed by atoms with van der Waals surface area (Å²) >= 11 is 1.85. The van der Waals surface area contributed by atoms with Gasteiger partial charge in [-0.2, -0.15) is 0 Å². The van der Waals surface area contributed by atoms with Gasteiger partial charge in [0.05, 0.1) is 0 Å². The molecule has 0 aliphatic carbocycles. The van der Waals surface area contributed by atoms with Gasteiger partial charge in [-0.3, -0.25) is 0 Å². The fourth-order valence-corrected chi connectivity index (χ4v) is 9.95. The van der Waals surface area contributed by atoms with Crippen molar-refractivity contribution in [2.75, 3.05) is 0 Å². The highest BCUT2D eigenvalue weighted by Crippen LogP contribution is 2.53. The number of rotatable bonds is 3. The third-order valence-corrected chi connectivity index (χ3v) is 12.2. The van der Waals surface area contributed by atoms with Crippen molar-refractivity contribution < 1.29 is 8.83 Å². The van der Waals surface area contributed by atoms with Crippen molar-refractivity contribution in [1.82, 2.24) is 0 Å². The molecule has 0 saturated heterocycles. The zero-order valence-corrected chi connectivity index (χ0v) is 29.2. The van der Waals surface area contributed by atoms with Crippen LogP contribution < -0.4 is 0 Å². The zero-order chi connectivity index (χ0) is 34.6. The fourth-order valence-electron chi connectivity index (χ4n) is 8.84. The van der Waals surface area contributed by atoms with E-state index in [1.807, 2.05) is 17.4 Å². The molecule has 0 unspecified atom stereocenters. The van der Waals surface area contributed by atoms with Crippen LogP contribution in [0.1, 0.15) is 0 Å². The van der Waals surface area contributed by atoms with Crippen LogP contribution in [0.15, 0.2) is 179 Å². The van der Waals surface area contributed by atoms with Crippen LogP contribution in [-0.2, 0) is 0 Å². The van der Waals surface area contributed by atoms with Gasteiger partial charge in [0.2, 0.25) is 0 Å². The summed E-state index contributed by atoms with van der Waals surface area (Å²) in [4.78, 5) is 0. The minimum atomic E-state index is 0.892. The standard InChI is InChI=1S/C50H28O2S/c1-2-13-29(14-3-1)50-49(48-41(52-50)25-26-44-47(48)37-21-9-11-24-43(37)53-44)46-34-19-6-4-17-32(34)45(33-18-5-7-20-35(33)46)36-22-12-15-30-27-39-31-16-8-10-23-40(31)51-42(39)28-38(30)36/h1-28H. The molecule has 0 aliphatic rings. The van der Waals surface area contributed by atoms with Gasteiger partial charge in [-0.15, -0.1) is 11.3 Å². The van der Waals surface area contributed by atoms with E-state index in [1.54, 1.807) is 0 Å². The molecule has 12 rings (SSSR count). The average molecular weight is 693 g/mol. The molecule has 0 amide bonds. The van der Waals surface area contributed by atoms with Gasteiger partial charge >= 0.3 is 0 Å². The Labute approximate surface area is 307 Å². The van der Waals surface area contributed by atoms with Crippen LogP contribution in [0.4, 0.5) is 0 Å². The van der Waals surface area contributed by atoms with Gasteiger partial charge in [0.25, 0.3) is 0 Å². The maximum atomic E-state index is 7.00. The van der Waals surface area contributed by atoms with E-state index in [0.29, 0.717) is 0 Å². The van der Waals surface area contributed by atoms with Crippen LogP contribution >= 0.6 is 11.3 Å². The van der Waals surface area contributed by atoms with Crippen LogP contribution in [0, 0.1) is 0 Å². The number of hydrogen-bond acceptors (Lipinski definition) is 3. The van der Waals surface area contributed by atoms with Crippen molar-refractivity contribution in [2.24, 2.45) is 0 Å². The zero-order valence-electron chi connectivity index (χ0n) is 28.4. The number of fused-ring (bicyclic) bond motifs is 11. The molecule has 0 saturated carbocycles. The number of benzene rings is 9. The highest BCUT2D eigenvalue weighted by Gasteiger charge is 2.26. The Morgan fingerprint density at radius 2 is 1.00 bits per heavy atom. The van der Waals surface area contributed by atoms with E-state index in [-0.39, 0.29) is 0 Å². The van der Waals surface area contributed by atoms with Crippen molar-refractivity contribution in [3.8, 4) is 33.6 Å². The summed E-state index contributed by atoms with van der Waals surface area (Å²) < 4.78 is 16.0. The number of hydrogen-bond donors (Lipinski definition) is 0. The summed E-state index contributed by atoms with van der Waals surface area (Å²) in [5.41, 5.74) is 8.52. The monoisotopic (exact) mass is 692 g/mol. The average Bonchev–Trinajstić information content (AvgIpc) is 3.90.